The zero-order valence-electron chi connectivity index (χ0n) is 9.57. The van der Waals surface area contributed by atoms with Crippen molar-refractivity contribution in [2.75, 3.05) is 39.8 Å². The summed E-state index contributed by atoms with van der Waals surface area (Å²) in [6.07, 6.45) is 0.565. The molecule has 5 heteroatoms. The molecule has 15 heavy (non-hydrogen) atoms. The summed E-state index contributed by atoms with van der Waals surface area (Å²) in [5.41, 5.74) is 3.09. The van der Waals surface area contributed by atoms with Crippen LogP contribution in [0.4, 0.5) is 0 Å². The summed E-state index contributed by atoms with van der Waals surface area (Å²) in [6.45, 7) is 5.04. The lowest BCUT2D eigenvalue weighted by molar-refractivity contribution is -0.128. The Morgan fingerprint density at radius 3 is 2.87 bits per heavy atom. The molecule has 1 unspecified atom stereocenters. The van der Waals surface area contributed by atoms with Crippen LogP contribution in [0.5, 0.6) is 0 Å². The van der Waals surface area contributed by atoms with Crippen molar-refractivity contribution >= 4 is 5.78 Å². The molecule has 0 aromatic heterocycles. The van der Waals surface area contributed by atoms with Gasteiger partial charge in [0.05, 0.1) is 12.6 Å². The number of piperazine rings is 1. The fraction of sp³-hybridized carbons (Fsp3) is 0.900. The van der Waals surface area contributed by atoms with E-state index in [4.69, 9.17) is 5.11 Å². The molecule has 0 saturated carbocycles. The highest BCUT2D eigenvalue weighted by Gasteiger charge is 2.29. The molecule has 0 radical (unpaired) electrons. The fourth-order valence-corrected chi connectivity index (χ4v) is 1.81. The minimum atomic E-state index is -0.0692. The number of aliphatic hydroxyl groups excluding tert-OH is 1. The summed E-state index contributed by atoms with van der Waals surface area (Å²) in [5, 5.41) is 10.7. The molecule has 2 N–H and O–H groups in total. The molecule has 1 atom stereocenters. The zero-order chi connectivity index (χ0) is 11.3. The molecule has 1 rings (SSSR count). The molecule has 0 spiro atoms. The lowest BCUT2D eigenvalue weighted by atomic mass is 10.1. The average Bonchev–Trinajstić information content (AvgIpc) is 2.26. The number of nitrogens with zero attached hydrogens (tertiary/aromatic N) is 2. The first kappa shape index (κ1) is 12.6. The van der Waals surface area contributed by atoms with Gasteiger partial charge in [-0.1, -0.05) is 6.92 Å². The summed E-state index contributed by atoms with van der Waals surface area (Å²) in [6, 6.07) is -0.0692. The molecule has 0 bridgehead atoms. The maximum Gasteiger partial charge on any atom is 0.152 e. The Bertz CT molecular complexity index is 209. The van der Waals surface area contributed by atoms with Crippen LogP contribution in [-0.2, 0) is 4.79 Å². The molecule has 0 aromatic carbocycles. The number of ketones is 1. The van der Waals surface area contributed by atoms with Crippen LogP contribution >= 0.6 is 0 Å². The van der Waals surface area contributed by atoms with Gasteiger partial charge in [-0.2, -0.15) is 0 Å². The van der Waals surface area contributed by atoms with Gasteiger partial charge >= 0.3 is 0 Å². The van der Waals surface area contributed by atoms with Gasteiger partial charge in [0.15, 0.2) is 5.78 Å². The molecule has 0 amide bonds. The van der Waals surface area contributed by atoms with E-state index < -0.39 is 0 Å². The Hall–Kier alpha value is -0.490. The Kier molecular flexibility index (Phi) is 5.17. The number of hydrogen-bond donors (Lipinski definition) is 2. The second-order valence-electron chi connectivity index (χ2n) is 3.92. The minimum absolute atomic E-state index is 0.0692. The summed E-state index contributed by atoms with van der Waals surface area (Å²) in [7, 11) is 2.03. The van der Waals surface area contributed by atoms with Crippen LogP contribution in [0.3, 0.4) is 0 Å². The standard InChI is InChI=1S/C10H21N3O2/c1-3-10(15)9-8-12(2)5-6-13(9)11-4-7-14/h9,11,14H,3-8H2,1-2H3. The van der Waals surface area contributed by atoms with Gasteiger partial charge in [0.25, 0.3) is 0 Å². The Labute approximate surface area is 91.0 Å². The molecule has 5 nitrogen and oxygen atoms in total. The van der Waals surface area contributed by atoms with Gasteiger partial charge < -0.3 is 10.0 Å². The van der Waals surface area contributed by atoms with E-state index in [0.717, 1.165) is 19.6 Å². The normalized spacial score (nSPS) is 24.3. The highest BCUT2D eigenvalue weighted by atomic mass is 16.3. The van der Waals surface area contributed by atoms with Gasteiger partial charge in [-0.3, -0.25) is 10.2 Å². The third-order valence-corrected chi connectivity index (χ3v) is 2.73. The van der Waals surface area contributed by atoms with Crippen LogP contribution in [0.1, 0.15) is 13.3 Å². The van der Waals surface area contributed by atoms with Crippen molar-refractivity contribution in [1.29, 1.82) is 0 Å². The number of likely N-dealkylation sites (N-methyl/N-ethyl adjacent to an activating group) is 1. The Balaban J connectivity index is 2.53. The van der Waals surface area contributed by atoms with Crippen molar-refractivity contribution in [3.8, 4) is 0 Å². The van der Waals surface area contributed by atoms with Crippen LogP contribution in [-0.4, -0.2) is 66.7 Å². The first-order chi connectivity index (χ1) is 7.19. The van der Waals surface area contributed by atoms with Crippen molar-refractivity contribution in [1.82, 2.24) is 15.3 Å². The van der Waals surface area contributed by atoms with E-state index in [2.05, 4.69) is 10.3 Å². The molecule has 0 aromatic rings. The summed E-state index contributed by atoms with van der Waals surface area (Å²) >= 11 is 0. The molecule has 1 heterocycles. The maximum absolute atomic E-state index is 11.7. The lowest BCUT2D eigenvalue weighted by Gasteiger charge is -2.39. The number of aliphatic hydroxyl groups is 1. The predicted molar refractivity (Wildman–Crippen MR) is 58.4 cm³/mol. The van der Waals surface area contributed by atoms with Crippen molar-refractivity contribution < 1.29 is 9.90 Å². The summed E-state index contributed by atoms with van der Waals surface area (Å²) in [5.74, 6) is 0.256. The average molecular weight is 215 g/mol. The fourth-order valence-electron chi connectivity index (χ4n) is 1.81. The van der Waals surface area contributed by atoms with Crippen LogP contribution in [0.2, 0.25) is 0 Å². The van der Waals surface area contributed by atoms with Gasteiger partial charge in [0.2, 0.25) is 0 Å². The van der Waals surface area contributed by atoms with Crippen molar-refractivity contribution in [2.45, 2.75) is 19.4 Å². The SMILES string of the molecule is CCC(=O)C1CN(C)CCN1NCCO. The van der Waals surface area contributed by atoms with E-state index in [1.807, 2.05) is 19.0 Å². The highest BCUT2D eigenvalue weighted by molar-refractivity contribution is 5.84. The van der Waals surface area contributed by atoms with E-state index in [9.17, 15) is 4.79 Å². The Morgan fingerprint density at radius 1 is 1.53 bits per heavy atom. The van der Waals surface area contributed by atoms with Crippen molar-refractivity contribution in [3.05, 3.63) is 0 Å². The number of carbonyl (C=O) groups excluding carboxylic acids is 1. The minimum Gasteiger partial charge on any atom is -0.395 e. The van der Waals surface area contributed by atoms with Crippen molar-refractivity contribution in [3.63, 3.8) is 0 Å². The molecule has 1 aliphatic heterocycles. The summed E-state index contributed by atoms with van der Waals surface area (Å²) in [4.78, 5) is 13.9. The van der Waals surface area contributed by atoms with E-state index in [0.29, 0.717) is 13.0 Å². The smallest absolute Gasteiger partial charge is 0.152 e. The third-order valence-electron chi connectivity index (χ3n) is 2.73. The van der Waals surface area contributed by atoms with Gasteiger partial charge in [0.1, 0.15) is 0 Å². The number of Topliss-reactive ketones (excluding diaryl/α,β-unsaturated/α-hetero) is 1. The predicted octanol–water partition coefficient (Wildman–Crippen LogP) is -0.922. The van der Waals surface area contributed by atoms with E-state index >= 15 is 0 Å². The number of hydrazine groups is 1. The van der Waals surface area contributed by atoms with E-state index in [1.54, 1.807) is 0 Å². The number of rotatable bonds is 5. The van der Waals surface area contributed by atoms with Crippen molar-refractivity contribution in [2.24, 2.45) is 0 Å². The molecule has 88 valence electrons. The number of hydrogen-bond acceptors (Lipinski definition) is 5. The number of carbonyl (C=O) groups is 1. The molecule has 0 aliphatic carbocycles. The second-order valence-corrected chi connectivity index (χ2v) is 3.92. The molecule has 1 saturated heterocycles. The lowest BCUT2D eigenvalue weighted by Crippen LogP contribution is -2.60. The second kappa shape index (κ2) is 6.17. The van der Waals surface area contributed by atoms with Gasteiger partial charge in [-0.05, 0) is 7.05 Å². The molecular formula is C10H21N3O2. The van der Waals surface area contributed by atoms with Gasteiger partial charge in [0, 0.05) is 32.6 Å². The number of nitrogens with one attached hydrogen (secondary N) is 1. The van der Waals surface area contributed by atoms with Crippen LogP contribution in [0, 0.1) is 0 Å². The molecule has 1 fully saturated rings. The van der Waals surface area contributed by atoms with Gasteiger partial charge in [-0.25, -0.2) is 5.01 Å². The molecule has 1 aliphatic rings. The molecular weight excluding hydrogens is 194 g/mol. The van der Waals surface area contributed by atoms with E-state index in [-0.39, 0.29) is 18.4 Å². The van der Waals surface area contributed by atoms with Crippen LogP contribution < -0.4 is 5.43 Å². The third kappa shape index (κ3) is 3.53. The van der Waals surface area contributed by atoms with Gasteiger partial charge in [-0.15, -0.1) is 0 Å². The van der Waals surface area contributed by atoms with Crippen LogP contribution in [0.25, 0.3) is 0 Å². The largest absolute Gasteiger partial charge is 0.395 e. The first-order valence-corrected chi connectivity index (χ1v) is 5.51. The zero-order valence-corrected chi connectivity index (χ0v) is 9.57. The topological polar surface area (TPSA) is 55.8 Å². The quantitative estimate of drug-likeness (QED) is 0.621. The van der Waals surface area contributed by atoms with Crippen LogP contribution in [0.15, 0.2) is 0 Å². The first-order valence-electron chi connectivity index (χ1n) is 5.51. The Morgan fingerprint density at radius 2 is 2.27 bits per heavy atom. The monoisotopic (exact) mass is 215 g/mol. The maximum atomic E-state index is 11.7. The highest BCUT2D eigenvalue weighted by Crippen LogP contribution is 2.08. The summed E-state index contributed by atoms with van der Waals surface area (Å²) < 4.78 is 0. The van der Waals surface area contributed by atoms with E-state index in [1.165, 1.54) is 0 Å².